The van der Waals surface area contributed by atoms with Crippen molar-refractivity contribution in [3.05, 3.63) is 30.1 Å². The molecular weight excluding hydrogens is 310 g/mol. The minimum Gasteiger partial charge on any atom is -0.342 e. The summed E-state index contributed by atoms with van der Waals surface area (Å²) in [6.45, 7) is 12.6. The van der Waals surface area contributed by atoms with E-state index >= 15 is 0 Å². The van der Waals surface area contributed by atoms with Crippen LogP contribution in [-0.4, -0.2) is 53.4 Å². The first-order valence-electron chi connectivity index (χ1n) is 9.80. The lowest BCUT2D eigenvalue weighted by Gasteiger charge is -2.35. The number of rotatable bonds is 4. The molecule has 4 heteroatoms. The topological polar surface area (TPSA) is 36.4 Å². The molecule has 1 aromatic heterocycles. The quantitative estimate of drug-likeness (QED) is 0.842. The van der Waals surface area contributed by atoms with E-state index in [4.69, 9.17) is 0 Å². The first-order valence-corrected chi connectivity index (χ1v) is 9.80. The van der Waals surface area contributed by atoms with Crippen LogP contribution in [0.15, 0.2) is 24.5 Å². The van der Waals surface area contributed by atoms with Crippen LogP contribution in [0.2, 0.25) is 0 Å². The molecule has 25 heavy (non-hydrogen) atoms. The Morgan fingerprint density at radius 1 is 1.08 bits per heavy atom. The summed E-state index contributed by atoms with van der Waals surface area (Å²) < 4.78 is 0. The second kappa shape index (κ2) is 7.86. The first kappa shape index (κ1) is 18.4. The fraction of sp³-hybridized carbons (Fsp3) is 0.714. The third kappa shape index (κ3) is 5.27. The fourth-order valence-electron chi connectivity index (χ4n) is 4.47. The van der Waals surface area contributed by atoms with Crippen molar-refractivity contribution in [2.45, 2.75) is 46.5 Å². The highest BCUT2D eigenvalue weighted by Crippen LogP contribution is 2.33. The van der Waals surface area contributed by atoms with Gasteiger partial charge in [0, 0.05) is 38.6 Å². The third-order valence-corrected chi connectivity index (χ3v) is 5.67. The largest absolute Gasteiger partial charge is 0.342 e. The maximum atomic E-state index is 12.5. The van der Waals surface area contributed by atoms with Crippen molar-refractivity contribution in [3.8, 4) is 0 Å². The molecule has 1 aromatic rings. The Labute approximate surface area is 152 Å². The van der Waals surface area contributed by atoms with Gasteiger partial charge in [0.25, 0.3) is 0 Å². The smallest absolute Gasteiger partial charge is 0.226 e. The molecule has 2 fully saturated rings. The average molecular weight is 344 g/mol. The summed E-state index contributed by atoms with van der Waals surface area (Å²) in [5, 5.41) is 0. The van der Waals surface area contributed by atoms with Gasteiger partial charge in [0.15, 0.2) is 0 Å². The Bertz CT molecular complexity index is 558. The molecule has 0 spiro atoms. The second-order valence-electron chi connectivity index (χ2n) is 9.09. The monoisotopic (exact) mass is 343 g/mol. The van der Waals surface area contributed by atoms with Gasteiger partial charge < -0.3 is 9.80 Å². The van der Waals surface area contributed by atoms with Crippen LogP contribution >= 0.6 is 0 Å². The van der Waals surface area contributed by atoms with Gasteiger partial charge >= 0.3 is 0 Å². The molecule has 0 aliphatic carbocycles. The molecule has 1 amide bonds. The number of hydrogen-bond acceptors (Lipinski definition) is 3. The van der Waals surface area contributed by atoms with Crippen molar-refractivity contribution >= 4 is 5.91 Å². The van der Waals surface area contributed by atoms with Gasteiger partial charge in [-0.05, 0) is 60.8 Å². The number of amides is 1. The van der Waals surface area contributed by atoms with Gasteiger partial charge in [0.1, 0.15) is 0 Å². The molecule has 1 atom stereocenters. The summed E-state index contributed by atoms with van der Waals surface area (Å²) in [7, 11) is 0. The number of carbonyl (C=O) groups excluding carboxylic acids is 1. The van der Waals surface area contributed by atoms with Gasteiger partial charge in [-0.2, -0.15) is 0 Å². The van der Waals surface area contributed by atoms with E-state index in [0.29, 0.717) is 11.8 Å². The fourth-order valence-corrected chi connectivity index (χ4v) is 4.47. The number of piperidine rings is 1. The molecule has 0 bridgehead atoms. The molecule has 2 aliphatic heterocycles. The normalized spacial score (nSPS) is 23.2. The van der Waals surface area contributed by atoms with Crippen molar-refractivity contribution in [2.75, 3.05) is 32.7 Å². The van der Waals surface area contributed by atoms with Crippen molar-refractivity contribution in [1.82, 2.24) is 14.8 Å². The zero-order valence-corrected chi connectivity index (χ0v) is 16.1. The summed E-state index contributed by atoms with van der Waals surface area (Å²) in [6, 6.07) is 3.87. The molecule has 0 radical (unpaired) electrons. The predicted molar refractivity (Wildman–Crippen MR) is 101 cm³/mol. The number of pyridine rings is 1. The number of hydrogen-bond donors (Lipinski definition) is 0. The van der Waals surface area contributed by atoms with E-state index in [-0.39, 0.29) is 5.91 Å². The maximum absolute atomic E-state index is 12.5. The summed E-state index contributed by atoms with van der Waals surface area (Å²) in [6.07, 6.45) is 7.73. The molecule has 0 N–H and O–H groups in total. The molecule has 3 rings (SSSR count). The summed E-state index contributed by atoms with van der Waals surface area (Å²) >= 11 is 0. The van der Waals surface area contributed by atoms with Gasteiger partial charge in [-0.25, -0.2) is 0 Å². The van der Waals surface area contributed by atoms with Crippen LogP contribution in [-0.2, 0) is 11.2 Å². The highest BCUT2D eigenvalue weighted by Gasteiger charge is 2.33. The lowest BCUT2D eigenvalue weighted by molar-refractivity contribution is -0.132. The Hall–Kier alpha value is -1.42. The SMILES string of the molecule is CC(C)(C)CN1CCC(C2CCN(C(=O)Cc3ccncc3)CC2)C1. The standard InChI is InChI=1S/C21H33N3O/c1-21(2,3)16-23-11-6-19(15-23)18-7-12-24(13-8-18)20(25)14-17-4-9-22-10-5-17/h4-5,9-10,18-19H,6-8,11-16H2,1-3H3. The Morgan fingerprint density at radius 2 is 1.72 bits per heavy atom. The first-order chi connectivity index (χ1) is 11.9. The third-order valence-electron chi connectivity index (χ3n) is 5.67. The summed E-state index contributed by atoms with van der Waals surface area (Å²) in [4.78, 5) is 21.2. The molecule has 0 aromatic carbocycles. The van der Waals surface area contributed by atoms with Crippen LogP contribution in [0.4, 0.5) is 0 Å². The van der Waals surface area contributed by atoms with E-state index in [2.05, 4.69) is 35.6 Å². The van der Waals surface area contributed by atoms with E-state index in [9.17, 15) is 4.79 Å². The van der Waals surface area contributed by atoms with E-state index < -0.39 is 0 Å². The highest BCUT2D eigenvalue weighted by molar-refractivity contribution is 5.78. The minimum absolute atomic E-state index is 0.269. The molecule has 2 aliphatic rings. The predicted octanol–water partition coefficient (Wildman–Crippen LogP) is 3.23. The van der Waals surface area contributed by atoms with Crippen molar-refractivity contribution in [2.24, 2.45) is 17.3 Å². The van der Waals surface area contributed by atoms with E-state index in [1.165, 1.54) is 38.9 Å². The van der Waals surface area contributed by atoms with Gasteiger partial charge in [0.05, 0.1) is 6.42 Å². The summed E-state index contributed by atoms with van der Waals surface area (Å²) in [5.74, 6) is 1.90. The summed E-state index contributed by atoms with van der Waals surface area (Å²) in [5.41, 5.74) is 1.45. The molecule has 3 heterocycles. The van der Waals surface area contributed by atoms with E-state index in [1.54, 1.807) is 12.4 Å². The zero-order chi connectivity index (χ0) is 17.9. The minimum atomic E-state index is 0.269. The van der Waals surface area contributed by atoms with Crippen molar-refractivity contribution in [3.63, 3.8) is 0 Å². The molecular formula is C21H33N3O. The zero-order valence-electron chi connectivity index (χ0n) is 16.1. The molecule has 1 unspecified atom stereocenters. The molecule has 0 saturated carbocycles. The lowest BCUT2D eigenvalue weighted by atomic mass is 9.83. The Kier molecular flexibility index (Phi) is 5.78. The molecule has 2 saturated heterocycles. The van der Waals surface area contributed by atoms with Crippen molar-refractivity contribution < 1.29 is 4.79 Å². The second-order valence-corrected chi connectivity index (χ2v) is 9.09. The lowest BCUT2D eigenvalue weighted by Crippen LogP contribution is -2.41. The van der Waals surface area contributed by atoms with Gasteiger partial charge in [-0.3, -0.25) is 9.78 Å². The Balaban J connectivity index is 1.44. The van der Waals surface area contributed by atoms with Crippen molar-refractivity contribution in [1.29, 1.82) is 0 Å². The average Bonchev–Trinajstić information content (AvgIpc) is 3.02. The van der Waals surface area contributed by atoms with E-state index in [1.807, 2.05) is 12.1 Å². The Morgan fingerprint density at radius 3 is 2.36 bits per heavy atom. The number of likely N-dealkylation sites (tertiary alicyclic amines) is 2. The van der Waals surface area contributed by atoms with Crippen LogP contribution in [0.25, 0.3) is 0 Å². The van der Waals surface area contributed by atoms with Crippen LogP contribution in [0.1, 0.15) is 45.6 Å². The van der Waals surface area contributed by atoms with Crippen LogP contribution in [0.3, 0.4) is 0 Å². The van der Waals surface area contributed by atoms with Gasteiger partial charge in [-0.15, -0.1) is 0 Å². The van der Waals surface area contributed by atoms with Crippen LogP contribution < -0.4 is 0 Å². The maximum Gasteiger partial charge on any atom is 0.226 e. The van der Waals surface area contributed by atoms with Crippen LogP contribution in [0, 0.1) is 17.3 Å². The van der Waals surface area contributed by atoms with E-state index in [0.717, 1.165) is 30.5 Å². The molecule has 4 nitrogen and oxygen atoms in total. The van der Waals surface area contributed by atoms with Crippen LogP contribution in [0.5, 0.6) is 0 Å². The highest BCUT2D eigenvalue weighted by atomic mass is 16.2. The number of carbonyl (C=O) groups is 1. The van der Waals surface area contributed by atoms with Gasteiger partial charge in [0.2, 0.25) is 5.91 Å². The number of aromatic nitrogens is 1. The van der Waals surface area contributed by atoms with Gasteiger partial charge in [-0.1, -0.05) is 20.8 Å². The number of nitrogens with zero attached hydrogens (tertiary/aromatic N) is 3. The molecule has 138 valence electrons.